The lowest BCUT2D eigenvalue weighted by molar-refractivity contribution is -0.129. The lowest BCUT2D eigenvalue weighted by Crippen LogP contribution is -2.51. The SMILES string of the molecule is CCn1c(SCC(=O)N2CCN(C(=O)c3cccs3)CC2)nnc1-c1ccc(C(C)(C)C)cc1. The first-order valence-electron chi connectivity index (χ1n) is 11.6. The third-order valence-corrected chi connectivity index (χ3v) is 7.83. The van der Waals surface area contributed by atoms with Crippen LogP contribution in [0.25, 0.3) is 11.4 Å². The summed E-state index contributed by atoms with van der Waals surface area (Å²) in [4.78, 5) is 29.8. The number of nitrogens with zero attached hydrogens (tertiary/aromatic N) is 5. The van der Waals surface area contributed by atoms with Crippen molar-refractivity contribution >= 4 is 34.9 Å². The molecule has 0 spiro atoms. The van der Waals surface area contributed by atoms with Crippen molar-refractivity contribution < 1.29 is 9.59 Å². The second-order valence-electron chi connectivity index (χ2n) is 9.32. The Hall–Kier alpha value is -2.65. The summed E-state index contributed by atoms with van der Waals surface area (Å²) in [6, 6.07) is 12.2. The lowest BCUT2D eigenvalue weighted by Gasteiger charge is -2.34. The number of hydrogen-bond acceptors (Lipinski definition) is 6. The monoisotopic (exact) mass is 497 g/mol. The second-order valence-corrected chi connectivity index (χ2v) is 11.2. The van der Waals surface area contributed by atoms with Crippen LogP contribution in [0.3, 0.4) is 0 Å². The molecule has 4 rings (SSSR count). The largest absolute Gasteiger partial charge is 0.338 e. The zero-order valence-corrected chi connectivity index (χ0v) is 21.8. The Labute approximate surface area is 209 Å². The number of thioether (sulfide) groups is 1. The Balaban J connectivity index is 1.34. The van der Waals surface area contributed by atoms with Gasteiger partial charge in [-0.25, -0.2) is 0 Å². The molecule has 0 N–H and O–H groups in total. The van der Waals surface area contributed by atoms with E-state index in [4.69, 9.17) is 0 Å². The van der Waals surface area contributed by atoms with Crippen LogP contribution in [0.4, 0.5) is 0 Å². The fourth-order valence-corrected chi connectivity index (χ4v) is 5.54. The minimum atomic E-state index is 0.0515. The van der Waals surface area contributed by atoms with E-state index in [1.54, 1.807) is 0 Å². The topological polar surface area (TPSA) is 71.3 Å². The Morgan fingerprint density at radius 3 is 2.26 bits per heavy atom. The standard InChI is InChI=1S/C25H31N5O2S2/c1-5-30-22(18-8-10-19(11-9-18)25(2,3)4)26-27-24(30)34-17-21(31)28-12-14-29(15-13-28)23(32)20-7-6-16-33-20/h6-11,16H,5,12-15,17H2,1-4H3. The summed E-state index contributed by atoms with van der Waals surface area (Å²) in [6.45, 7) is 11.6. The highest BCUT2D eigenvalue weighted by molar-refractivity contribution is 7.99. The van der Waals surface area contributed by atoms with Crippen molar-refractivity contribution in [2.45, 2.75) is 44.8 Å². The van der Waals surface area contributed by atoms with Crippen molar-refractivity contribution in [3.05, 3.63) is 52.2 Å². The van der Waals surface area contributed by atoms with Crippen LogP contribution >= 0.6 is 23.1 Å². The van der Waals surface area contributed by atoms with Gasteiger partial charge in [-0.1, -0.05) is 62.9 Å². The molecule has 3 aromatic rings. The number of thiophene rings is 1. The molecule has 9 heteroatoms. The quantitative estimate of drug-likeness (QED) is 0.472. The smallest absolute Gasteiger partial charge is 0.264 e. The predicted molar refractivity (Wildman–Crippen MR) is 137 cm³/mol. The molecule has 3 heterocycles. The van der Waals surface area contributed by atoms with E-state index in [1.807, 2.05) is 27.3 Å². The van der Waals surface area contributed by atoms with E-state index in [-0.39, 0.29) is 17.2 Å². The van der Waals surface area contributed by atoms with Gasteiger partial charge in [0.25, 0.3) is 5.91 Å². The Morgan fingerprint density at radius 2 is 1.68 bits per heavy atom. The summed E-state index contributed by atoms with van der Waals surface area (Å²) in [7, 11) is 0. The van der Waals surface area contributed by atoms with Gasteiger partial charge in [-0.3, -0.25) is 9.59 Å². The number of benzene rings is 1. The van der Waals surface area contributed by atoms with Crippen molar-refractivity contribution in [3.63, 3.8) is 0 Å². The first-order chi connectivity index (χ1) is 16.3. The van der Waals surface area contributed by atoms with E-state index >= 15 is 0 Å². The van der Waals surface area contributed by atoms with Crippen LogP contribution in [0.15, 0.2) is 46.9 Å². The molecular weight excluding hydrogens is 466 g/mol. The Morgan fingerprint density at radius 1 is 1.00 bits per heavy atom. The second kappa shape index (κ2) is 10.3. The van der Waals surface area contributed by atoms with E-state index in [1.165, 1.54) is 28.7 Å². The minimum Gasteiger partial charge on any atom is -0.338 e. The van der Waals surface area contributed by atoms with Gasteiger partial charge in [0.1, 0.15) is 0 Å². The van der Waals surface area contributed by atoms with Gasteiger partial charge in [0.2, 0.25) is 5.91 Å². The van der Waals surface area contributed by atoms with Crippen LogP contribution in [-0.4, -0.2) is 68.3 Å². The Bertz CT molecular complexity index is 1130. The van der Waals surface area contributed by atoms with Gasteiger partial charge in [0, 0.05) is 38.3 Å². The summed E-state index contributed by atoms with van der Waals surface area (Å²) < 4.78 is 2.06. The molecule has 0 unspecified atom stereocenters. The van der Waals surface area contributed by atoms with Gasteiger partial charge in [-0.15, -0.1) is 21.5 Å². The van der Waals surface area contributed by atoms with E-state index in [2.05, 4.69) is 66.7 Å². The highest BCUT2D eigenvalue weighted by Crippen LogP contribution is 2.28. The van der Waals surface area contributed by atoms with Gasteiger partial charge in [-0.05, 0) is 29.3 Å². The highest BCUT2D eigenvalue weighted by atomic mass is 32.2. The third kappa shape index (κ3) is 5.36. The number of aromatic nitrogens is 3. The summed E-state index contributed by atoms with van der Waals surface area (Å²) >= 11 is 2.87. The van der Waals surface area contributed by atoms with Crippen molar-refractivity contribution in [3.8, 4) is 11.4 Å². The average Bonchev–Trinajstić information content (AvgIpc) is 3.52. The number of carbonyl (C=O) groups is 2. The first-order valence-corrected chi connectivity index (χ1v) is 13.4. The number of piperazine rings is 1. The summed E-state index contributed by atoms with van der Waals surface area (Å²) in [5, 5.41) is 11.4. The summed E-state index contributed by atoms with van der Waals surface area (Å²) in [6.07, 6.45) is 0. The lowest BCUT2D eigenvalue weighted by atomic mass is 9.87. The molecule has 7 nitrogen and oxygen atoms in total. The van der Waals surface area contributed by atoms with Crippen molar-refractivity contribution in [2.24, 2.45) is 0 Å². The molecule has 0 bridgehead atoms. The van der Waals surface area contributed by atoms with Crippen LogP contribution in [0.2, 0.25) is 0 Å². The molecule has 180 valence electrons. The average molecular weight is 498 g/mol. The molecular formula is C25H31N5O2S2. The van der Waals surface area contributed by atoms with Gasteiger partial charge in [-0.2, -0.15) is 0 Å². The molecule has 2 aromatic heterocycles. The minimum absolute atomic E-state index is 0.0515. The molecule has 1 aromatic carbocycles. The van der Waals surface area contributed by atoms with E-state index in [0.29, 0.717) is 31.9 Å². The van der Waals surface area contributed by atoms with Gasteiger partial charge < -0.3 is 14.4 Å². The number of rotatable bonds is 6. The number of carbonyl (C=O) groups excluding carboxylic acids is 2. The summed E-state index contributed by atoms with van der Waals surface area (Å²) in [5.74, 6) is 1.24. The van der Waals surface area contributed by atoms with Gasteiger partial charge in [0.05, 0.1) is 10.6 Å². The van der Waals surface area contributed by atoms with Gasteiger partial charge >= 0.3 is 0 Å². The van der Waals surface area contributed by atoms with Crippen LogP contribution < -0.4 is 0 Å². The van der Waals surface area contributed by atoms with Crippen molar-refractivity contribution in [1.29, 1.82) is 0 Å². The number of amides is 2. The maximum atomic E-state index is 12.8. The Kier molecular flexibility index (Phi) is 7.42. The maximum absolute atomic E-state index is 12.8. The van der Waals surface area contributed by atoms with Crippen LogP contribution in [0.5, 0.6) is 0 Å². The fourth-order valence-electron chi connectivity index (χ4n) is 3.95. The highest BCUT2D eigenvalue weighted by Gasteiger charge is 2.26. The maximum Gasteiger partial charge on any atom is 0.264 e. The van der Waals surface area contributed by atoms with Crippen LogP contribution in [0.1, 0.15) is 42.9 Å². The van der Waals surface area contributed by atoms with Crippen molar-refractivity contribution in [1.82, 2.24) is 24.6 Å². The van der Waals surface area contributed by atoms with E-state index in [0.717, 1.165) is 28.0 Å². The summed E-state index contributed by atoms with van der Waals surface area (Å²) in [5.41, 5.74) is 2.39. The normalized spacial score (nSPS) is 14.5. The molecule has 0 saturated carbocycles. The van der Waals surface area contributed by atoms with Crippen LogP contribution in [0, 0.1) is 0 Å². The molecule has 1 aliphatic heterocycles. The predicted octanol–water partition coefficient (Wildman–Crippen LogP) is 4.40. The molecule has 1 saturated heterocycles. The first kappa shape index (κ1) is 24.5. The molecule has 1 fully saturated rings. The molecule has 0 aliphatic carbocycles. The third-order valence-electron chi connectivity index (χ3n) is 6.02. The fraction of sp³-hybridized carbons (Fsp3) is 0.440. The zero-order valence-electron chi connectivity index (χ0n) is 20.2. The molecule has 34 heavy (non-hydrogen) atoms. The molecule has 2 amide bonds. The zero-order chi connectivity index (χ0) is 24.3. The van der Waals surface area contributed by atoms with Gasteiger partial charge in [0.15, 0.2) is 11.0 Å². The molecule has 0 atom stereocenters. The van der Waals surface area contributed by atoms with E-state index in [9.17, 15) is 9.59 Å². The van der Waals surface area contributed by atoms with Crippen molar-refractivity contribution in [2.75, 3.05) is 31.9 Å². The number of hydrogen-bond donors (Lipinski definition) is 0. The van der Waals surface area contributed by atoms with Crippen LogP contribution in [-0.2, 0) is 16.8 Å². The molecule has 1 aliphatic rings. The van der Waals surface area contributed by atoms with E-state index < -0.39 is 0 Å². The molecule has 0 radical (unpaired) electrons.